The molecule has 0 spiro atoms. The van der Waals surface area contributed by atoms with Crippen LogP contribution >= 0.6 is 23.1 Å². The van der Waals surface area contributed by atoms with Crippen molar-refractivity contribution in [1.29, 1.82) is 0 Å². The molecule has 3 rings (SSSR count). The normalized spacial score (nSPS) is 12.1. The minimum absolute atomic E-state index is 0.0548. The van der Waals surface area contributed by atoms with Crippen LogP contribution in [0.2, 0.25) is 0 Å². The summed E-state index contributed by atoms with van der Waals surface area (Å²) < 4.78 is 7.45. The number of anilines is 2. The number of nitrogens with zero attached hydrogens (tertiary/aromatic N) is 5. The van der Waals surface area contributed by atoms with Gasteiger partial charge in [0.1, 0.15) is 12.4 Å². The number of aryl methyl sites for hydroxylation is 1. The minimum Gasteiger partial charge on any atom is -0.420 e. The van der Waals surface area contributed by atoms with E-state index in [4.69, 9.17) is 14.9 Å². The third-order valence-corrected chi connectivity index (χ3v) is 5.04. The van der Waals surface area contributed by atoms with E-state index in [2.05, 4.69) is 25.5 Å². The first kappa shape index (κ1) is 19.5. The highest BCUT2D eigenvalue weighted by Gasteiger charge is 2.15. The lowest BCUT2D eigenvalue weighted by atomic mass is 10.3. The highest BCUT2D eigenvalue weighted by atomic mass is 32.2. The number of hydrogen-bond acceptors (Lipinski definition) is 11. The summed E-state index contributed by atoms with van der Waals surface area (Å²) in [5, 5.41) is 40.6. The Hall–Kier alpha value is -2.25. The standard InChI is InChI=1S/C15H18N6O4S2/c1-21-8-17-20-15(21)25-12-4-9(26-3-2-22)5-16-13(12)19-14-18-10(7-27-14)11(24)6-23/h4-5,7-8,11,22-24H,2-3,6H2,1H3,(H,16,18,19). The molecular weight excluding hydrogens is 392 g/mol. The third-order valence-electron chi connectivity index (χ3n) is 3.32. The first-order valence-electron chi connectivity index (χ1n) is 7.87. The van der Waals surface area contributed by atoms with Gasteiger partial charge in [0.25, 0.3) is 0 Å². The Kier molecular flexibility index (Phi) is 6.58. The predicted molar refractivity (Wildman–Crippen MR) is 101 cm³/mol. The molecule has 3 heterocycles. The average molecular weight is 410 g/mol. The molecular formula is C15H18N6O4S2. The van der Waals surface area contributed by atoms with Gasteiger partial charge in [0.15, 0.2) is 16.7 Å². The number of thiazole rings is 1. The highest BCUT2D eigenvalue weighted by Crippen LogP contribution is 2.34. The van der Waals surface area contributed by atoms with Crippen LogP contribution in [0.5, 0.6) is 11.8 Å². The summed E-state index contributed by atoms with van der Waals surface area (Å²) in [6.45, 7) is -0.349. The van der Waals surface area contributed by atoms with Crippen LogP contribution < -0.4 is 10.1 Å². The lowest BCUT2D eigenvalue weighted by molar-refractivity contribution is 0.0928. The Morgan fingerprint density at radius 3 is 2.96 bits per heavy atom. The topological polar surface area (TPSA) is 138 Å². The van der Waals surface area contributed by atoms with Crippen molar-refractivity contribution in [2.24, 2.45) is 7.05 Å². The molecule has 0 bridgehead atoms. The number of nitrogens with one attached hydrogen (secondary N) is 1. The molecule has 1 unspecified atom stereocenters. The van der Waals surface area contributed by atoms with Gasteiger partial charge in [0.2, 0.25) is 0 Å². The van der Waals surface area contributed by atoms with Crippen molar-refractivity contribution in [2.75, 3.05) is 24.3 Å². The number of pyridine rings is 1. The van der Waals surface area contributed by atoms with Crippen LogP contribution in [-0.4, -0.2) is 59.0 Å². The summed E-state index contributed by atoms with van der Waals surface area (Å²) in [6.07, 6.45) is 2.14. The van der Waals surface area contributed by atoms with Crippen molar-refractivity contribution in [3.8, 4) is 11.8 Å². The smallest absolute Gasteiger partial charge is 0.322 e. The molecule has 0 saturated heterocycles. The Morgan fingerprint density at radius 2 is 2.26 bits per heavy atom. The van der Waals surface area contributed by atoms with Crippen molar-refractivity contribution in [3.63, 3.8) is 0 Å². The van der Waals surface area contributed by atoms with Gasteiger partial charge in [0, 0.05) is 29.3 Å². The van der Waals surface area contributed by atoms with Gasteiger partial charge in [-0.05, 0) is 6.07 Å². The summed E-state index contributed by atoms with van der Waals surface area (Å²) in [5.74, 6) is 1.35. The van der Waals surface area contributed by atoms with E-state index in [9.17, 15) is 5.11 Å². The Morgan fingerprint density at radius 1 is 1.41 bits per heavy atom. The molecule has 4 N–H and O–H groups in total. The molecule has 10 nitrogen and oxygen atoms in total. The number of hydrogen-bond donors (Lipinski definition) is 4. The minimum atomic E-state index is -1.03. The number of rotatable bonds is 9. The van der Waals surface area contributed by atoms with Gasteiger partial charge in [-0.1, -0.05) is 5.10 Å². The van der Waals surface area contributed by atoms with Gasteiger partial charge in [-0.25, -0.2) is 9.97 Å². The van der Waals surface area contributed by atoms with Crippen LogP contribution in [0.3, 0.4) is 0 Å². The Bertz CT molecular complexity index is 887. The van der Waals surface area contributed by atoms with Gasteiger partial charge < -0.3 is 25.4 Å². The zero-order valence-corrected chi connectivity index (χ0v) is 15.9. The van der Waals surface area contributed by atoms with E-state index in [1.54, 1.807) is 29.3 Å². The third kappa shape index (κ3) is 4.93. The van der Waals surface area contributed by atoms with E-state index in [1.165, 1.54) is 29.4 Å². The molecule has 0 radical (unpaired) electrons. The van der Waals surface area contributed by atoms with Crippen LogP contribution in [0.25, 0.3) is 0 Å². The lowest BCUT2D eigenvalue weighted by Crippen LogP contribution is -2.03. The lowest BCUT2D eigenvalue weighted by Gasteiger charge is -2.11. The molecule has 1 atom stereocenters. The molecule has 3 aromatic heterocycles. The van der Waals surface area contributed by atoms with Crippen molar-refractivity contribution < 1.29 is 20.1 Å². The second kappa shape index (κ2) is 9.10. The second-order valence-corrected chi connectivity index (χ2v) is 7.34. The van der Waals surface area contributed by atoms with Gasteiger partial charge in [-0.3, -0.25) is 4.57 Å². The highest BCUT2D eigenvalue weighted by molar-refractivity contribution is 7.99. The van der Waals surface area contributed by atoms with Crippen molar-refractivity contribution in [2.45, 2.75) is 11.0 Å². The number of aromatic nitrogens is 5. The van der Waals surface area contributed by atoms with E-state index in [0.29, 0.717) is 34.2 Å². The van der Waals surface area contributed by atoms with Crippen molar-refractivity contribution >= 4 is 34.0 Å². The molecule has 0 aromatic carbocycles. The summed E-state index contributed by atoms with van der Waals surface area (Å²) in [6, 6.07) is 2.07. The SMILES string of the molecule is Cn1cnnc1Oc1cc(SCCO)cnc1Nc1nc(C(O)CO)cs1. The van der Waals surface area contributed by atoms with Crippen LogP contribution in [0.15, 0.2) is 28.9 Å². The van der Waals surface area contributed by atoms with E-state index in [0.717, 1.165) is 4.90 Å². The fourth-order valence-electron chi connectivity index (χ4n) is 2.00. The molecule has 27 heavy (non-hydrogen) atoms. The second-order valence-electron chi connectivity index (χ2n) is 5.32. The zero-order valence-electron chi connectivity index (χ0n) is 14.3. The summed E-state index contributed by atoms with van der Waals surface area (Å²) in [7, 11) is 1.75. The van der Waals surface area contributed by atoms with Crippen LogP contribution in [0.4, 0.5) is 10.9 Å². The molecule has 3 aromatic rings. The molecule has 0 fully saturated rings. The maximum Gasteiger partial charge on any atom is 0.322 e. The van der Waals surface area contributed by atoms with Crippen LogP contribution in [-0.2, 0) is 7.05 Å². The number of thioether (sulfide) groups is 1. The Labute approximate surface area is 162 Å². The summed E-state index contributed by atoms with van der Waals surface area (Å²) in [4.78, 5) is 9.43. The fourth-order valence-corrected chi connectivity index (χ4v) is 3.40. The molecule has 0 aliphatic rings. The van der Waals surface area contributed by atoms with Gasteiger partial charge >= 0.3 is 6.01 Å². The van der Waals surface area contributed by atoms with E-state index >= 15 is 0 Å². The molecule has 0 saturated carbocycles. The van der Waals surface area contributed by atoms with Gasteiger partial charge in [-0.15, -0.1) is 28.2 Å². The largest absolute Gasteiger partial charge is 0.420 e. The van der Waals surface area contributed by atoms with Crippen molar-refractivity contribution in [1.82, 2.24) is 24.7 Å². The average Bonchev–Trinajstić information content (AvgIpc) is 3.30. The summed E-state index contributed by atoms with van der Waals surface area (Å²) >= 11 is 2.71. The van der Waals surface area contributed by atoms with E-state index < -0.39 is 12.7 Å². The maximum absolute atomic E-state index is 9.67. The predicted octanol–water partition coefficient (Wildman–Crippen LogP) is 1.31. The fraction of sp³-hybridized carbons (Fsp3) is 0.333. The maximum atomic E-state index is 9.67. The van der Waals surface area contributed by atoms with Crippen molar-refractivity contribution in [3.05, 3.63) is 29.7 Å². The van der Waals surface area contributed by atoms with Crippen LogP contribution in [0.1, 0.15) is 11.8 Å². The molecule has 0 aliphatic heterocycles. The van der Waals surface area contributed by atoms with Gasteiger partial charge in [-0.2, -0.15) is 0 Å². The quantitative estimate of drug-likeness (QED) is 0.382. The Balaban J connectivity index is 1.86. The van der Waals surface area contributed by atoms with Gasteiger partial charge in [0.05, 0.1) is 18.9 Å². The molecule has 0 aliphatic carbocycles. The summed E-state index contributed by atoms with van der Waals surface area (Å²) in [5.41, 5.74) is 0.371. The van der Waals surface area contributed by atoms with Crippen LogP contribution in [0, 0.1) is 0 Å². The number of aliphatic hydroxyl groups excluding tert-OH is 3. The first-order chi connectivity index (χ1) is 13.1. The van der Waals surface area contributed by atoms with E-state index in [-0.39, 0.29) is 6.61 Å². The number of aliphatic hydroxyl groups is 3. The first-order valence-corrected chi connectivity index (χ1v) is 9.74. The monoisotopic (exact) mass is 410 g/mol. The molecule has 0 amide bonds. The zero-order chi connectivity index (χ0) is 19.2. The number of ether oxygens (including phenoxy) is 1. The van der Waals surface area contributed by atoms with E-state index in [1.807, 2.05) is 0 Å². The molecule has 144 valence electrons. The molecule has 12 heteroatoms.